The maximum Gasteiger partial charge on any atom is 0.228 e. The van der Waals surface area contributed by atoms with Crippen molar-refractivity contribution in [2.24, 2.45) is 0 Å². The van der Waals surface area contributed by atoms with Gasteiger partial charge in [0.2, 0.25) is 5.91 Å². The third kappa shape index (κ3) is 1.50. The van der Waals surface area contributed by atoms with E-state index < -0.39 is 0 Å². The van der Waals surface area contributed by atoms with Crippen molar-refractivity contribution in [3.8, 4) is 0 Å². The molecule has 2 aliphatic heterocycles. The molecule has 4 nitrogen and oxygen atoms in total. The molecule has 1 N–H and O–H groups in total. The van der Waals surface area contributed by atoms with Gasteiger partial charge in [-0.3, -0.25) is 9.78 Å². The van der Waals surface area contributed by atoms with Crippen LogP contribution in [0, 0.1) is 0 Å². The molecule has 2 aliphatic rings. The van der Waals surface area contributed by atoms with Gasteiger partial charge in [0.25, 0.3) is 0 Å². The Bertz CT molecular complexity index is 393. The summed E-state index contributed by atoms with van der Waals surface area (Å²) in [6.45, 7) is 1.04. The van der Waals surface area contributed by atoms with E-state index in [1.165, 1.54) is 0 Å². The minimum atomic E-state index is 0.232. The lowest BCUT2D eigenvalue weighted by atomic mass is 9.99. The van der Waals surface area contributed by atoms with Crippen LogP contribution in [-0.2, 0) is 4.79 Å². The topological polar surface area (TPSA) is 45.2 Å². The number of rotatable bonds is 1. The predicted molar refractivity (Wildman–Crippen MR) is 61.2 cm³/mol. The number of nitrogens with zero attached hydrogens (tertiary/aromatic N) is 2. The largest absolute Gasteiger partial charge is 0.311 e. The van der Waals surface area contributed by atoms with E-state index in [1.807, 2.05) is 17.0 Å². The summed E-state index contributed by atoms with van der Waals surface area (Å²) < 4.78 is 0. The number of amides is 1. The first kappa shape index (κ1) is 9.78. The van der Waals surface area contributed by atoms with Gasteiger partial charge in [0.05, 0.1) is 6.04 Å². The molecule has 0 aromatic carbocycles. The fraction of sp³-hybridized carbons (Fsp3) is 0.500. The Morgan fingerprint density at radius 3 is 3.00 bits per heavy atom. The number of piperidine rings is 1. The molecule has 16 heavy (non-hydrogen) atoms. The zero-order valence-corrected chi connectivity index (χ0v) is 9.10. The Morgan fingerprint density at radius 2 is 2.19 bits per heavy atom. The van der Waals surface area contributed by atoms with Crippen LogP contribution in [0.25, 0.3) is 0 Å². The van der Waals surface area contributed by atoms with E-state index >= 15 is 0 Å². The maximum atomic E-state index is 12.0. The molecule has 2 fully saturated rings. The number of carbonyl (C=O) groups is 1. The molecule has 2 saturated heterocycles. The SMILES string of the molecule is O=C1CC2NCCCC2N1c1ccncc1. The number of anilines is 1. The summed E-state index contributed by atoms with van der Waals surface area (Å²) >= 11 is 0. The van der Waals surface area contributed by atoms with Crippen molar-refractivity contribution in [1.29, 1.82) is 0 Å². The van der Waals surface area contributed by atoms with Gasteiger partial charge in [0.1, 0.15) is 0 Å². The fourth-order valence-corrected chi connectivity index (χ4v) is 2.76. The molecule has 84 valence electrons. The van der Waals surface area contributed by atoms with Gasteiger partial charge in [-0.25, -0.2) is 0 Å². The molecular formula is C12H15N3O. The minimum absolute atomic E-state index is 0.232. The van der Waals surface area contributed by atoms with Gasteiger partial charge in [-0.15, -0.1) is 0 Å². The first-order chi connectivity index (χ1) is 7.86. The highest BCUT2D eigenvalue weighted by molar-refractivity contribution is 5.97. The van der Waals surface area contributed by atoms with Crippen molar-refractivity contribution >= 4 is 11.6 Å². The number of carbonyl (C=O) groups excluding carboxylic acids is 1. The quantitative estimate of drug-likeness (QED) is 0.761. The molecule has 1 amide bonds. The van der Waals surface area contributed by atoms with E-state index in [0.29, 0.717) is 18.5 Å². The Kier molecular flexibility index (Phi) is 2.36. The van der Waals surface area contributed by atoms with Gasteiger partial charge in [-0.1, -0.05) is 0 Å². The fourth-order valence-electron chi connectivity index (χ4n) is 2.76. The zero-order valence-electron chi connectivity index (χ0n) is 9.10. The van der Waals surface area contributed by atoms with Crippen LogP contribution >= 0.6 is 0 Å². The normalized spacial score (nSPS) is 29.2. The third-order valence-electron chi connectivity index (χ3n) is 3.48. The van der Waals surface area contributed by atoms with E-state index in [4.69, 9.17) is 0 Å². The summed E-state index contributed by atoms with van der Waals surface area (Å²) in [6.07, 6.45) is 6.37. The molecule has 1 aromatic heterocycles. The lowest BCUT2D eigenvalue weighted by molar-refractivity contribution is -0.117. The monoisotopic (exact) mass is 217 g/mol. The smallest absolute Gasteiger partial charge is 0.228 e. The lowest BCUT2D eigenvalue weighted by Crippen LogP contribution is -2.47. The molecule has 0 radical (unpaired) electrons. The van der Waals surface area contributed by atoms with Crippen LogP contribution in [0.4, 0.5) is 5.69 Å². The van der Waals surface area contributed by atoms with E-state index in [0.717, 1.165) is 25.1 Å². The summed E-state index contributed by atoms with van der Waals surface area (Å²) in [5.74, 6) is 0.232. The van der Waals surface area contributed by atoms with E-state index in [2.05, 4.69) is 10.3 Å². The average molecular weight is 217 g/mol. The second kappa shape index (κ2) is 3.87. The number of hydrogen-bond acceptors (Lipinski definition) is 3. The van der Waals surface area contributed by atoms with Gasteiger partial charge in [0.15, 0.2) is 0 Å². The van der Waals surface area contributed by atoms with Crippen LogP contribution in [0.1, 0.15) is 19.3 Å². The Morgan fingerprint density at radius 1 is 1.38 bits per heavy atom. The standard InChI is InChI=1S/C12H15N3O/c16-12-8-10-11(2-1-5-14-10)15(12)9-3-6-13-7-4-9/h3-4,6-7,10-11,14H,1-2,5,8H2. The highest BCUT2D eigenvalue weighted by Gasteiger charge is 2.41. The van der Waals surface area contributed by atoms with Crippen LogP contribution in [0.2, 0.25) is 0 Å². The Labute approximate surface area is 94.7 Å². The van der Waals surface area contributed by atoms with Gasteiger partial charge in [0, 0.05) is 30.5 Å². The zero-order chi connectivity index (χ0) is 11.0. The van der Waals surface area contributed by atoms with Crippen molar-refractivity contribution in [2.75, 3.05) is 11.4 Å². The molecule has 0 aliphatic carbocycles. The number of pyridine rings is 1. The van der Waals surface area contributed by atoms with Crippen molar-refractivity contribution in [1.82, 2.24) is 10.3 Å². The van der Waals surface area contributed by atoms with E-state index in [9.17, 15) is 4.79 Å². The van der Waals surface area contributed by atoms with Crippen molar-refractivity contribution in [3.63, 3.8) is 0 Å². The molecule has 2 unspecified atom stereocenters. The summed E-state index contributed by atoms with van der Waals surface area (Å²) in [6, 6.07) is 4.50. The summed E-state index contributed by atoms with van der Waals surface area (Å²) in [5, 5.41) is 3.43. The van der Waals surface area contributed by atoms with Crippen LogP contribution < -0.4 is 10.2 Å². The van der Waals surface area contributed by atoms with Crippen LogP contribution in [-0.4, -0.2) is 29.5 Å². The summed E-state index contributed by atoms with van der Waals surface area (Å²) in [5.41, 5.74) is 0.983. The Hall–Kier alpha value is -1.42. The first-order valence-electron chi connectivity index (χ1n) is 5.82. The van der Waals surface area contributed by atoms with Gasteiger partial charge >= 0.3 is 0 Å². The Balaban J connectivity index is 1.91. The van der Waals surface area contributed by atoms with Gasteiger partial charge in [-0.2, -0.15) is 0 Å². The molecule has 1 aromatic rings. The third-order valence-corrected chi connectivity index (χ3v) is 3.48. The molecule has 0 saturated carbocycles. The lowest BCUT2D eigenvalue weighted by Gasteiger charge is -2.32. The number of nitrogens with one attached hydrogen (secondary N) is 1. The summed E-state index contributed by atoms with van der Waals surface area (Å²) in [4.78, 5) is 17.9. The second-order valence-corrected chi connectivity index (χ2v) is 4.44. The van der Waals surface area contributed by atoms with Crippen molar-refractivity contribution in [2.45, 2.75) is 31.3 Å². The molecule has 0 spiro atoms. The number of fused-ring (bicyclic) bond motifs is 1. The highest BCUT2D eigenvalue weighted by Crippen LogP contribution is 2.30. The predicted octanol–water partition coefficient (Wildman–Crippen LogP) is 0.939. The van der Waals surface area contributed by atoms with Gasteiger partial charge in [-0.05, 0) is 31.5 Å². The molecular weight excluding hydrogens is 202 g/mol. The van der Waals surface area contributed by atoms with Crippen LogP contribution in [0.15, 0.2) is 24.5 Å². The minimum Gasteiger partial charge on any atom is -0.311 e. The molecule has 0 bridgehead atoms. The maximum absolute atomic E-state index is 12.0. The molecule has 3 heterocycles. The highest BCUT2D eigenvalue weighted by atomic mass is 16.2. The van der Waals surface area contributed by atoms with Crippen molar-refractivity contribution < 1.29 is 4.79 Å². The molecule has 3 rings (SSSR count). The van der Waals surface area contributed by atoms with Crippen LogP contribution in [0.3, 0.4) is 0 Å². The molecule has 4 heteroatoms. The average Bonchev–Trinajstić information content (AvgIpc) is 2.66. The van der Waals surface area contributed by atoms with Gasteiger partial charge < -0.3 is 10.2 Å². The number of aromatic nitrogens is 1. The van der Waals surface area contributed by atoms with E-state index in [1.54, 1.807) is 12.4 Å². The second-order valence-electron chi connectivity index (χ2n) is 4.44. The molecule has 2 atom stereocenters. The van der Waals surface area contributed by atoms with Crippen LogP contribution in [0.5, 0.6) is 0 Å². The van der Waals surface area contributed by atoms with Crippen molar-refractivity contribution in [3.05, 3.63) is 24.5 Å². The van der Waals surface area contributed by atoms with E-state index in [-0.39, 0.29) is 5.91 Å². The summed E-state index contributed by atoms with van der Waals surface area (Å²) in [7, 11) is 0. The first-order valence-corrected chi connectivity index (χ1v) is 5.82. The number of hydrogen-bond donors (Lipinski definition) is 1.